The average molecular weight is 417 g/mol. The molecule has 2 aromatic heterocycles. The lowest BCUT2D eigenvalue weighted by atomic mass is 9.91. The molecule has 31 heavy (non-hydrogen) atoms. The van der Waals surface area contributed by atoms with Crippen molar-refractivity contribution < 1.29 is 14.3 Å². The molecule has 0 radical (unpaired) electrons. The molecular weight excluding hydrogens is 394 g/mol. The molecule has 2 N–H and O–H groups in total. The average Bonchev–Trinajstić information content (AvgIpc) is 3.38. The fourth-order valence-corrected chi connectivity index (χ4v) is 4.37. The molecule has 8 heteroatoms. The zero-order valence-corrected chi connectivity index (χ0v) is 17.2. The van der Waals surface area contributed by atoms with Crippen LogP contribution in [0.15, 0.2) is 42.6 Å². The number of ketones is 1. The molecule has 3 heterocycles. The summed E-state index contributed by atoms with van der Waals surface area (Å²) in [6, 6.07) is 9.21. The third-order valence-electron chi connectivity index (χ3n) is 5.86. The Morgan fingerprint density at radius 3 is 2.97 bits per heavy atom. The third kappa shape index (κ3) is 3.54. The number of Topliss-reactive ketones (excluding diaryl/α,β-unsaturated/α-hetero) is 1. The quantitative estimate of drug-likeness (QED) is 0.663. The normalized spacial score (nSPS) is 17.5. The van der Waals surface area contributed by atoms with Crippen LogP contribution in [0, 0.1) is 0 Å². The van der Waals surface area contributed by atoms with Crippen LogP contribution in [0.25, 0.3) is 5.57 Å². The first-order chi connectivity index (χ1) is 15.1. The molecule has 1 aromatic carbocycles. The Labute approximate surface area is 179 Å². The maximum atomic E-state index is 13.3. The van der Waals surface area contributed by atoms with Crippen LogP contribution >= 0.6 is 0 Å². The minimum atomic E-state index is -0.619. The molecule has 0 saturated heterocycles. The van der Waals surface area contributed by atoms with E-state index in [1.165, 1.54) is 0 Å². The van der Waals surface area contributed by atoms with Gasteiger partial charge in [0.15, 0.2) is 5.78 Å². The summed E-state index contributed by atoms with van der Waals surface area (Å²) in [6.07, 6.45) is 6.59. The topological polar surface area (TPSA) is 102 Å². The highest BCUT2D eigenvalue weighted by atomic mass is 16.5. The van der Waals surface area contributed by atoms with Gasteiger partial charge in [0.05, 0.1) is 18.8 Å². The minimum absolute atomic E-state index is 0.0440. The van der Waals surface area contributed by atoms with Crippen molar-refractivity contribution in [3.8, 4) is 5.75 Å². The van der Waals surface area contributed by atoms with Crippen LogP contribution < -0.4 is 10.1 Å². The lowest BCUT2D eigenvalue weighted by molar-refractivity contribution is -0.115. The first-order valence-electron chi connectivity index (χ1n) is 10.4. The highest BCUT2D eigenvalue weighted by molar-refractivity contribution is 6.24. The maximum absolute atomic E-state index is 13.3. The van der Waals surface area contributed by atoms with E-state index in [2.05, 4.69) is 25.1 Å². The van der Waals surface area contributed by atoms with Gasteiger partial charge in [0, 0.05) is 30.3 Å². The molecule has 1 aliphatic heterocycles. The third-order valence-corrected chi connectivity index (χ3v) is 5.86. The van der Waals surface area contributed by atoms with E-state index in [1.807, 2.05) is 42.6 Å². The summed E-state index contributed by atoms with van der Waals surface area (Å²) in [5.41, 5.74) is 3.72. The van der Waals surface area contributed by atoms with Gasteiger partial charge in [-0.15, -0.1) is 5.10 Å². The smallest absolute Gasteiger partial charge is 0.291 e. The summed E-state index contributed by atoms with van der Waals surface area (Å²) in [7, 11) is 1.65. The van der Waals surface area contributed by atoms with E-state index in [0.29, 0.717) is 30.8 Å². The van der Waals surface area contributed by atoms with Gasteiger partial charge in [-0.05, 0) is 24.8 Å². The summed E-state index contributed by atoms with van der Waals surface area (Å²) in [6.45, 7) is 0.618. The van der Waals surface area contributed by atoms with E-state index < -0.39 is 11.9 Å². The summed E-state index contributed by atoms with van der Waals surface area (Å²) in [5, 5.41) is 9.71. The van der Waals surface area contributed by atoms with Crippen molar-refractivity contribution in [2.24, 2.45) is 0 Å². The maximum Gasteiger partial charge on any atom is 0.291 e. The van der Waals surface area contributed by atoms with Crippen molar-refractivity contribution in [1.82, 2.24) is 25.1 Å². The van der Waals surface area contributed by atoms with Gasteiger partial charge in [-0.25, -0.2) is 4.98 Å². The van der Waals surface area contributed by atoms with Crippen LogP contribution in [-0.4, -0.2) is 44.6 Å². The fourth-order valence-electron chi connectivity index (χ4n) is 4.37. The predicted molar refractivity (Wildman–Crippen MR) is 114 cm³/mol. The second-order valence-electron chi connectivity index (χ2n) is 7.82. The number of aromatic amines is 1. The Kier molecular flexibility index (Phi) is 4.89. The van der Waals surface area contributed by atoms with Crippen molar-refractivity contribution in [3.63, 3.8) is 0 Å². The van der Waals surface area contributed by atoms with E-state index in [4.69, 9.17) is 4.74 Å². The molecular formula is C23H23N5O3. The van der Waals surface area contributed by atoms with Gasteiger partial charge in [0.25, 0.3) is 5.91 Å². The number of carbonyl (C=O) groups is 2. The molecule has 1 atom stereocenters. The molecule has 1 unspecified atom stereocenters. The number of aryl methyl sites for hydroxylation is 1. The van der Waals surface area contributed by atoms with Crippen LogP contribution in [-0.2, 0) is 24.2 Å². The molecule has 0 saturated carbocycles. The summed E-state index contributed by atoms with van der Waals surface area (Å²) in [5.74, 6) is 0.944. The Bertz CT molecular complexity index is 1180. The number of benzene rings is 1. The van der Waals surface area contributed by atoms with Crippen LogP contribution in [0.3, 0.4) is 0 Å². The minimum Gasteiger partial charge on any atom is -0.495 e. The standard InChI is InChI=1S/C23H23N5O3/c1-31-18-13-28-11-10-17(21(29)16-9-5-8-15(18)20(16)28)24-23(30)22-25-19(26-27-22)12-14-6-3-2-4-7-14/h2-4,6-7,9,13,17H,5,8,10-12H2,1H3,(H,24,30)(H,25,26,27). The zero-order chi connectivity index (χ0) is 21.4. The lowest BCUT2D eigenvalue weighted by Gasteiger charge is -2.18. The highest BCUT2D eigenvalue weighted by Gasteiger charge is 2.34. The number of rotatable bonds is 5. The van der Waals surface area contributed by atoms with E-state index in [9.17, 15) is 9.59 Å². The van der Waals surface area contributed by atoms with Crippen molar-refractivity contribution >= 4 is 17.3 Å². The molecule has 0 bridgehead atoms. The van der Waals surface area contributed by atoms with Crippen LogP contribution in [0.4, 0.5) is 0 Å². The fraction of sp³-hybridized carbons (Fsp3) is 0.304. The molecule has 8 nitrogen and oxygen atoms in total. The SMILES string of the molecule is COc1cn2c3c1CCC=C3C(=O)C(NC(=O)c1n[nH]c(Cc3ccccc3)n1)CC2. The van der Waals surface area contributed by atoms with Gasteiger partial charge < -0.3 is 14.6 Å². The predicted octanol–water partition coefficient (Wildman–Crippen LogP) is 2.31. The number of ether oxygens (including phenoxy) is 1. The van der Waals surface area contributed by atoms with Crippen molar-refractivity contribution in [3.05, 3.63) is 71.1 Å². The van der Waals surface area contributed by atoms with Gasteiger partial charge in [0.2, 0.25) is 5.82 Å². The monoisotopic (exact) mass is 417 g/mol. The molecule has 5 rings (SSSR count). The number of carbonyl (C=O) groups excluding carboxylic acids is 2. The summed E-state index contributed by atoms with van der Waals surface area (Å²) >= 11 is 0. The molecule has 1 aliphatic carbocycles. The van der Waals surface area contributed by atoms with E-state index in [0.717, 1.165) is 35.4 Å². The van der Waals surface area contributed by atoms with Gasteiger partial charge in [-0.3, -0.25) is 14.7 Å². The Hall–Kier alpha value is -3.68. The molecule has 2 aliphatic rings. The summed E-state index contributed by atoms with van der Waals surface area (Å²) in [4.78, 5) is 30.3. The molecule has 158 valence electrons. The second kappa shape index (κ2) is 7.86. The van der Waals surface area contributed by atoms with E-state index in [-0.39, 0.29) is 11.6 Å². The van der Waals surface area contributed by atoms with Crippen molar-refractivity contribution in [2.75, 3.05) is 7.11 Å². The van der Waals surface area contributed by atoms with Gasteiger partial charge in [-0.1, -0.05) is 36.4 Å². The van der Waals surface area contributed by atoms with Gasteiger partial charge >= 0.3 is 0 Å². The summed E-state index contributed by atoms with van der Waals surface area (Å²) < 4.78 is 7.56. The Balaban J connectivity index is 1.32. The number of allylic oxidation sites excluding steroid dienone is 1. The number of H-pyrrole nitrogens is 1. The number of aromatic nitrogens is 4. The number of hydrogen-bond acceptors (Lipinski definition) is 5. The number of nitrogens with one attached hydrogen (secondary N) is 2. The van der Waals surface area contributed by atoms with Crippen molar-refractivity contribution in [2.45, 2.75) is 38.3 Å². The Morgan fingerprint density at radius 2 is 2.16 bits per heavy atom. The van der Waals surface area contributed by atoms with Crippen molar-refractivity contribution in [1.29, 1.82) is 0 Å². The molecule has 0 spiro atoms. The van der Waals surface area contributed by atoms with Crippen LogP contribution in [0.2, 0.25) is 0 Å². The Morgan fingerprint density at radius 1 is 1.32 bits per heavy atom. The first-order valence-corrected chi connectivity index (χ1v) is 10.4. The molecule has 1 amide bonds. The number of nitrogens with zero attached hydrogens (tertiary/aromatic N) is 3. The van der Waals surface area contributed by atoms with Crippen LogP contribution in [0.5, 0.6) is 5.75 Å². The van der Waals surface area contributed by atoms with Gasteiger partial charge in [-0.2, -0.15) is 0 Å². The zero-order valence-electron chi connectivity index (χ0n) is 17.2. The van der Waals surface area contributed by atoms with Crippen LogP contribution in [0.1, 0.15) is 46.1 Å². The number of methoxy groups -OCH3 is 1. The van der Waals surface area contributed by atoms with E-state index in [1.54, 1.807) is 7.11 Å². The number of hydrogen-bond donors (Lipinski definition) is 2. The molecule has 3 aromatic rings. The number of amides is 1. The largest absolute Gasteiger partial charge is 0.495 e. The highest BCUT2D eigenvalue weighted by Crippen LogP contribution is 2.37. The lowest BCUT2D eigenvalue weighted by Crippen LogP contribution is -2.41. The van der Waals surface area contributed by atoms with Gasteiger partial charge in [0.1, 0.15) is 11.6 Å². The molecule has 0 fully saturated rings. The van der Waals surface area contributed by atoms with E-state index >= 15 is 0 Å². The second-order valence-corrected chi connectivity index (χ2v) is 7.82. The first kappa shape index (κ1) is 19.3.